The first-order valence-electron chi connectivity index (χ1n) is 8.48. The summed E-state index contributed by atoms with van der Waals surface area (Å²) in [6, 6.07) is 4.03. The summed E-state index contributed by atoms with van der Waals surface area (Å²) in [7, 11) is 0. The number of amides is 1. The molecule has 3 rings (SSSR count). The fourth-order valence-electron chi connectivity index (χ4n) is 2.84. The Morgan fingerprint density at radius 2 is 2.16 bits per heavy atom. The zero-order valence-corrected chi connectivity index (χ0v) is 15.3. The van der Waals surface area contributed by atoms with Gasteiger partial charge in [0.05, 0.1) is 17.1 Å². The molecule has 0 spiro atoms. The van der Waals surface area contributed by atoms with Gasteiger partial charge in [0.1, 0.15) is 5.76 Å². The van der Waals surface area contributed by atoms with Gasteiger partial charge in [-0.1, -0.05) is 12.1 Å². The van der Waals surface area contributed by atoms with Gasteiger partial charge in [0.2, 0.25) is 11.8 Å². The Morgan fingerprint density at radius 3 is 2.84 bits per heavy atom. The van der Waals surface area contributed by atoms with Crippen molar-refractivity contribution in [1.82, 2.24) is 20.1 Å². The number of carbonyl (C=O) groups is 1. The quantitative estimate of drug-likeness (QED) is 0.767. The maximum atomic E-state index is 11.8. The van der Waals surface area contributed by atoms with E-state index in [4.69, 9.17) is 4.42 Å². The van der Waals surface area contributed by atoms with Crippen LogP contribution in [0, 0.1) is 6.92 Å². The molecule has 0 bridgehead atoms. The standard InChI is InChI=1S/C18H24N4O2S/c1-3-6-19-17(23)13-22-9-7-21(8-10-22)12-15-14(2)24-18(20-15)16-5-4-11-25-16/h3-5,11H,1,6-10,12-13H2,2H3,(H,19,23). The van der Waals surface area contributed by atoms with Crippen LogP contribution in [0.15, 0.2) is 34.6 Å². The van der Waals surface area contributed by atoms with Crippen LogP contribution in [0.4, 0.5) is 0 Å². The second-order valence-electron chi connectivity index (χ2n) is 6.14. The maximum absolute atomic E-state index is 11.8. The van der Waals surface area contributed by atoms with Crippen LogP contribution >= 0.6 is 11.3 Å². The van der Waals surface area contributed by atoms with Gasteiger partial charge < -0.3 is 9.73 Å². The molecule has 1 N–H and O–H groups in total. The summed E-state index contributed by atoms with van der Waals surface area (Å²) >= 11 is 1.64. The van der Waals surface area contributed by atoms with E-state index in [1.165, 1.54) is 0 Å². The molecule has 25 heavy (non-hydrogen) atoms. The second-order valence-corrected chi connectivity index (χ2v) is 7.09. The van der Waals surface area contributed by atoms with Crippen LogP contribution in [0.5, 0.6) is 0 Å². The monoisotopic (exact) mass is 360 g/mol. The Morgan fingerprint density at radius 1 is 1.40 bits per heavy atom. The number of aryl methyl sites for hydroxylation is 1. The van der Waals surface area contributed by atoms with Crippen molar-refractivity contribution in [2.45, 2.75) is 13.5 Å². The van der Waals surface area contributed by atoms with E-state index in [0.717, 1.165) is 49.1 Å². The van der Waals surface area contributed by atoms with Gasteiger partial charge >= 0.3 is 0 Å². The summed E-state index contributed by atoms with van der Waals surface area (Å²) in [5.74, 6) is 1.65. The molecule has 0 atom stereocenters. The number of carbonyl (C=O) groups excluding carboxylic acids is 1. The molecule has 1 aliphatic rings. The number of piperazine rings is 1. The van der Waals surface area contributed by atoms with E-state index < -0.39 is 0 Å². The normalized spacial score (nSPS) is 16.0. The second kappa shape index (κ2) is 8.42. The number of thiophene rings is 1. The first kappa shape index (κ1) is 17.8. The first-order valence-corrected chi connectivity index (χ1v) is 9.36. The number of hydrogen-bond donors (Lipinski definition) is 1. The lowest BCUT2D eigenvalue weighted by molar-refractivity contribution is -0.122. The number of aromatic nitrogens is 1. The molecular weight excluding hydrogens is 336 g/mol. The Balaban J connectivity index is 1.49. The predicted molar refractivity (Wildman–Crippen MR) is 99.5 cm³/mol. The van der Waals surface area contributed by atoms with E-state index in [-0.39, 0.29) is 5.91 Å². The lowest BCUT2D eigenvalue weighted by Gasteiger charge is -2.33. The molecule has 0 radical (unpaired) electrons. The minimum atomic E-state index is 0.0567. The predicted octanol–water partition coefficient (Wildman–Crippen LogP) is 2.13. The van der Waals surface area contributed by atoms with Gasteiger partial charge in [-0.2, -0.15) is 0 Å². The lowest BCUT2D eigenvalue weighted by Crippen LogP contribution is -2.49. The average Bonchev–Trinajstić information content (AvgIpc) is 3.25. The molecular formula is C18H24N4O2S. The summed E-state index contributed by atoms with van der Waals surface area (Å²) in [6.07, 6.45) is 1.69. The van der Waals surface area contributed by atoms with Gasteiger partial charge in [0, 0.05) is 39.3 Å². The Labute approximate surface area is 152 Å². The van der Waals surface area contributed by atoms with E-state index >= 15 is 0 Å². The van der Waals surface area contributed by atoms with Crippen LogP contribution in [0.25, 0.3) is 10.8 Å². The van der Waals surface area contributed by atoms with Crippen molar-refractivity contribution in [3.8, 4) is 10.8 Å². The van der Waals surface area contributed by atoms with Gasteiger partial charge in [-0.25, -0.2) is 4.98 Å². The Hall–Kier alpha value is -1.96. The highest BCUT2D eigenvalue weighted by molar-refractivity contribution is 7.13. The van der Waals surface area contributed by atoms with Gasteiger partial charge in [0.25, 0.3) is 0 Å². The summed E-state index contributed by atoms with van der Waals surface area (Å²) in [6.45, 7) is 11.0. The molecule has 1 fully saturated rings. The van der Waals surface area contributed by atoms with E-state index in [2.05, 4.69) is 26.7 Å². The third kappa shape index (κ3) is 4.78. The first-order chi connectivity index (χ1) is 12.2. The molecule has 0 aliphatic carbocycles. The van der Waals surface area contributed by atoms with Crippen LogP contribution in [0.1, 0.15) is 11.5 Å². The molecule has 1 aliphatic heterocycles. The van der Waals surface area contributed by atoms with Gasteiger partial charge in [-0.05, 0) is 18.4 Å². The largest absolute Gasteiger partial charge is 0.440 e. The third-order valence-electron chi connectivity index (χ3n) is 4.27. The van der Waals surface area contributed by atoms with Crippen molar-refractivity contribution in [2.75, 3.05) is 39.3 Å². The molecule has 0 unspecified atom stereocenters. The molecule has 0 aromatic carbocycles. The minimum absolute atomic E-state index is 0.0567. The van der Waals surface area contributed by atoms with Crippen LogP contribution in [0.2, 0.25) is 0 Å². The highest BCUT2D eigenvalue weighted by atomic mass is 32.1. The Kier molecular flexibility index (Phi) is 6.01. The summed E-state index contributed by atoms with van der Waals surface area (Å²) in [4.78, 5) is 22.0. The molecule has 7 heteroatoms. The molecule has 6 nitrogen and oxygen atoms in total. The number of hydrogen-bond acceptors (Lipinski definition) is 6. The zero-order chi connectivity index (χ0) is 17.6. The number of nitrogens with zero attached hydrogens (tertiary/aromatic N) is 3. The molecule has 2 aromatic rings. The van der Waals surface area contributed by atoms with Crippen molar-refractivity contribution in [2.24, 2.45) is 0 Å². The smallest absolute Gasteiger partial charge is 0.236 e. The number of oxazole rings is 1. The highest BCUT2D eigenvalue weighted by Gasteiger charge is 2.21. The van der Waals surface area contributed by atoms with Gasteiger partial charge in [-0.15, -0.1) is 17.9 Å². The van der Waals surface area contributed by atoms with Crippen molar-refractivity contribution >= 4 is 17.2 Å². The van der Waals surface area contributed by atoms with E-state index in [0.29, 0.717) is 19.0 Å². The Bertz CT molecular complexity index is 703. The van der Waals surface area contributed by atoms with E-state index in [1.807, 2.05) is 24.4 Å². The molecule has 3 heterocycles. The van der Waals surface area contributed by atoms with Crippen LogP contribution in [-0.2, 0) is 11.3 Å². The topological polar surface area (TPSA) is 61.6 Å². The van der Waals surface area contributed by atoms with E-state index in [1.54, 1.807) is 17.4 Å². The molecule has 2 aromatic heterocycles. The fourth-order valence-corrected chi connectivity index (χ4v) is 3.49. The van der Waals surface area contributed by atoms with Crippen molar-refractivity contribution in [3.05, 3.63) is 41.6 Å². The molecule has 134 valence electrons. The van der Waals surface area contributed by atoms with Crippen molar-refractivity contribution in [1.29, 1.82) is 0 Å². The number of nitrogens with one attached hydrogen (secondary N) is 1. The fraction of sp³-hybridized carbons (Fsp3) is 0.444. The molecule has 0 saturated carbocycles. The SMILES string of the molecule is C=CCNC(=O)CN1CCN(Cc2nc(-c3cccs3)oc2C)CC1. The summed E-state index contributed by atoms with van der Waals surface area (Å²) in [5, 5.41) is 4.85. The number of rotatable bonds is 7. The average molecular weight is 360 g/mol. The van der Waals surface area contributed by atoms with Gasteiger partial charge in [-0.3, -0.25) is 14.6 Å². The van der Waals surface area contributed by atoms with Gasteiger partial charge in [0.15, 0.2) is 0 Å². The maximum Gasteiger partial charge on any atom is 0.236 e. The molecule has 1 amide bonds. The molecule has 1 saturated heterocycles. The summed E-state index contributed by atoms with van der Waals surface area (Å²) in [5.41, 5.74) is 1.00. The van der Waals surface area contributed by atoms with Crippen molar-refractivity contribution < 1.29 is 9.21 Å². The minimum Gasteiger partial charge on any atom is -0.440 e. The third-order valence-corrected chi connectivity index (χ3v) is 5.13. The summed E-state index contributed by atoms with van der Waals surface area (Å²) < 4.78 is 5.81. The van der Waals surface area contributed by atoms with Crippen LogP contribution < -0.4 is 5.32 Å². The highest BCUT2D eigenvalue weighted by Crippen LogP contribution is 2.26. The lowest BCUT2D eigenvalue weighted by atomic mass is 10.2. The van der Waals surface area contributed by atoms with Crippen LogP contribution in [-0.4, -0.2) is 60.0 Å². The van der Waals surface area contributed by atoms with Crippen LogP contribution in [0.3, 0.4) is 0 Å². The van der Waals surface area contributed by atoms with Crippen molar-refractivity contribution in [3.63, 3.8) is 0 Å². The zero-order valence-electron chi connectivity index (χ0n) is 14.5. The van der Waals surface area contributed by atoms with E-state index in [9.17, 15) is 4.79 Å².